The van der Waals surface area contributed by atoms with E-state index in [0.29, 0.717) is 11.3 Å². The predicted molar refractivity (Wildman–Crippen MR) is 52.1 cm³/mol. The molecule has 0 aliphatic carbocycles. The molecule has 0 aromatic heterocycles. The van der Waals surface area contributed by atoms with Crippen LogP contribution in [0.2, 0.25) is 0 Å². The SMILES string of the molecule is CC(=O)c1ccc(OC(C)C#N)cc1. The van der Waals surface area contributed by atoms with Crippen LogP contribution >= 0.6 is 0 Å². The summed E-state index contributed by atoms with van der Waals surface area (Å²) in [5.74, 6) is 0.619. The van der Waals surface area contributed by atoms with Gasteiger partial charge in [-0.25, -0.2) is 0 Å². The first-order valence-electron chi connectivity index (χ1n) is 4.30. The summed E-state index contributed by atoms with van der Waals surface area (Å²) in [7, 11) is 0. The molecule has 0 aliphatic heterocycles. The lowest BCUT2D eigenvalue weighted by Gasteiger charge is -2.07. The molecule has 0 aliphatic rings. The summed E-state index contributed by atoms with van der Waals surface area (Å²) >= 11 is 0. The third-order valence-corrected chi connectivity index (χ3v) is 1.76. The van der Waals surface area contributed by atoms with E-state index in [9.17, 15) is 4.79 Å². The smallest absolute Gasteiger partial charge is 0.181 e. The van der Waals surface area contributed by atoms with Crippen LogP contribution in [0.3, 0.4) is 0 Å². The summed E-state index contributed by atoms with van der Waals surface area (Å²) in [5.41, 5.74) is 0.641. The Morgan fingerprint density at radius 3 is 2.43 bits per heavy atom. The maximum Gasteiger partial charge on any atom is 0.181 e. The Labute approximate surface area is 82.9 Å². The molecule has 0 spiro atoms. The van der Waals surface area contributed by atoms with Gasteiger partial charge in [0.25, 0.3) is 0 Å². The summed E-state index contributed by atoms with van der Waals surface area (Å²) < 4.78 is 5.23. The van der Waals surface area contributed by atoms with Crippen LogP contribution in [0.4, 0.5) is 0 Å². The molecule has 1 unspecified atom stereocenters. The van der Waals surface area contributed by atoms with Crippen molar-refractivity contribution in [1.82, 2.24) is 0 Å². The highest BCUT2D eigenvalue weighted by molar-refractivity contribution is 5.94. The van der Waals surface area contributed by atoms with Gasteiger partial charge in [0.05, 0.1) is 0 Å². The average Bonchev–Trinajstić information content (AvgIpc) is 2.18. The van der Waals surface area contributed by atoms with Crippen LogP contribution in [0.5, 0.6) is 5.75 Å². The number of benzene rings is 1. The van der Waals surface area contributed by atoms with Crippen molar-refractivity contribution in [1.29, 1.82) is 5.26 Å². The van der Waals surface area contributed by atoms with Crippen molar-refractivity contribution in [2.24, 2.45) is 0 Å². The maximum atomic E-state index is 10.9. The Bertz CT molecular complexity index is 362. The highest BCUT2D eigenvalue weighted by Crippen LogP contribution is 2.13. The van der Waals surface area contributed by atoms with E-state index in [0.717, 1.165) is 0 Å². The Balaban J connectivity index is 2.75. The fourth-order valence-electron chi connectivity index (χ4n) is 0.999. The van der Waals surface area contributed by atoms with E-state index in [1.807, 2.05) is 6.07 Å². The highest BCUT2D eigenvalue weighted by Gasteiger charge is 2.02. The lowest BCUT2D eigenvalue weighted by atomic mass is 10.1. The van der Waals surface area contributed by atoms with Gasteiger partial charge in [-0.1, -0.05) is 0 Å². The van der Waals surface area contributed by atoms with Gasteiger partial charge < -0.3 is 4.74 Å². The summed E-state index contributed by atoms with van der Waals surface area (Å²) in [6, 6.07) is 8.70. The third kappa shape index (κ3) is 2.60. The Morgan fingerprint density at radius 1 is 1.43 bits per heavy atom. The maximum absolute atomic E-state index is 10.9. The number of hydrogen-bond acceptors (Lipinski definition) is 3. The van der Waals surface area contributed by atoms with Gasteiger partial charge in [-0.2, -0.15) is 5.26 Å². The molecular weight excluding hydrogens is 178 g/mol. The summed E-state index contributed by atoms with van der Waals surface area (Å²) in [6.07, 6.45) is -0.474. The zero-order valence-corrected chi connectivity index (χ0v) is 8.15. The molecule has 1 aromatic rings. The quantitative estimate of drug-likeness (QED) is 0.685. The number of carbonyl (C=O) groups excluding carboxylic acids is 1. The molecule has 3 heteroatoms. The van der Waals surface area contributed by atoms with Gasteiger partial charge in [0.1, 0.15) is 11.8 Å². The van der Waals surface area contributed by atoms with Crippen LogP contribution in [0.25, 0.3) is 0 Å². The minimum absolute atomic E-state index is 0.0184. The number of hydrogen-bond donors (Lipinski definition) is 0. The molecule has 0 bridgehead atoms. The molecule has 1 rings (SSSR count). The van der Waals surface area contributed by atoms with Gasteiger partial charge in [-0.05, 0) is 38.1 Å². The lowest BCUT2D eigenvalue weighted by Crippen LogP contribution is -2.08. The van der Waals surface area contributed by atoms with E-state index in [1.54, 1.807) is 31.2 Å². The molecule has 3 nitrogen and oxygen atoms in total. The van der Waals surface area contributed by atoms with Gasteiger partial charge in [0, 0.05) is 5.56 Å². The number of nitriles is 1. The number of carbonyl (C=O) groups is 1. The second kappa shape index (κ2) is 4.43. The molecule has 0 fully saturated rings. The molecule has 1 aromatic carbocycles. The number of nitrogens with zero attached hydrogens (tertiary/aromatic N) is 1. The molecule has 0 heterocycles. The van der Waals surface area contributed by atoms with E-state index in [4.69, 9.17) is 10.00 Å². The Morgan fingerprint density at radius 2 is 2.00 bits per heavy atom. The molecule has 0 radical (unpaired) electrons. The van der Waals surface area contributed by atoms with Crippen molar-refractivity contribution in [2.75, 3.05) is 0 Å². The Kier molecular flexibility index (Phi) is 3.24. The molecule has 0 amide bonds. The molecule has 1 atom stereocenters. The summed E-state index contributed by atoms with van der Waals surface area (Å²) in [6.45, 7) is 3.17. The number of rotatable bonds is 3. The van der Waals surface area contributed by atoms with Gasteiger partial charge in [-0.3, -0.25) is 4.79 Å². The van der Waals surface area contributed by atoms with Crippen molar-refractivity contribution in [3.63, 3.8) is 0 Å². The van der Waals surface area contributed by atoms with E-state index in [1.165, 1.54) is 6.92 Å². The van der Waals surface area contributed by atoms with Crippen LogP contribution < -0.4 is 4.74 Å². The number of Topliss-reactive ketones (excluding diaryl/α,β-unsaturated/α-hetero) is 1. The first kappa shape index (κ1) is 10.3. The second-order valence-electron chi connectivity index (χ2n) is 2.97. The van der Waals surface area contributed by atoms with E-state index in [-0.39, 0.29) is 5.78 Å². The minimum Gasteiger partial charge on any atom is -0.476 e. The van der Waals surface area contributed by atoms with Crippen molar-refractivity contribution in [3.8, 4) is 11.8 Å². The standard InChI is InChI=1S/C11H11NO2/c1-8(7-12)14-11-5-3-10(4-6-11)9(2)13/h3-6,8H,1-2H3. The van der Waals surface area contributed by atoms with Crippen molar-refractivity contribution in [2.45, 2.75) is 20.0 Å². The zero-order valence-electron chi connectivity index (χ0n) is 8.15. The van der Waals surface area contributed by atoms with Crippen LogP contribution in [0, 0.1) is 11.3 Å². The fraction of sp³-hybridized carbons (Fsp3) is 0.273. The zero-order chi connectivity index (χ0) is 10.6. The highest BCUT2D eigenvalue weighted by atomic mass is 16.5. The van der Waals surface area contributed by atoms with Gasteiger partial charge in [-0.15, -0.1) is 0 Å². The molecule has 0 N–H and O–H groups in total. The van der Waals surface area contributed by atoms with Crippen molar-refractivity contribution < 1.29 is 9.53 Å². The molecule has 14 heavy (non-hydrogen) atoms. The summed E-state index contributed by atoms with van der Waals surface area (Å²) in [4.78, 5) is 10.9. The molecule has 0 saturated heterocycles. The topological polar surface area (TPSA) is 50.1 Å². The second-order valence-corrected chi connectivity index (χ2v) is 2.97. The van der Waals surface area contributed by atoms with Crippen LogP contribution in [-0.4, -0.2) is 11.9 Å². The van der Waals surface area contributed by atoms with Gasteiger partial charge in [0.2, 0.25) is 0 Å². The lowest BCUT2D eigenvalue weighted by molar-refractivity contribution is 0.101. The van der Waals surface area contributed by atoms with Crippen molar-refractivity contribution in [3.05, 3.63) is 29.8 Å². The average molecular weight is 189 g/mol. The first-order chi connectivity index (χ1) is 6.63. The monoisotopic (exact) mass is 189 g/mol. The molecule has 72 valence electrons. The van der Waals surface area contributed by atoms with Crippen molar-refractivity contribution >= 4 is 5.78 Å². The van der Waals surface area contributed by atoms with E-state index < -0.39 is 6.10 Å². The largest absolute Gasteiger partial charge is 0.476 e. The molecule has 0 saturated carbocycles. The van der Waals surface area contributed by atoms with E-state index >= 15 is 0 Å². The van der Waals surface area contributed by atoms with Crippen LogP contribution in [0.1, 0.15) is 24.2 Å². The number of ketones is 1. The van der Waals surface area contributed by atoms with E-state index in [2.05, 4.69) is 0 Å². The van der Waals surface area contributed by atoms with Crippen LogP contribution in [-0.2, 0) is 0 Å². The number of ether oxygens (including phenoxy) is 1. The third-order valence-electron chi connectivity index (χ3n) is 1.76. The fourth-order valence-corrected chi connectivity index (χ4v) is 0.999. The van der Waals surface area contributed by atoms with Gasteiger partial charge >= 0.3 is 0 Å². The summed E-state index contributed by atoms with van der Waals surface area (Å²) in [5, 5.41) is 8.51. The first-order valence-corrected chi connectivity index (χ1v) is 4.30. The van der Waals surface area contributed by atoms with Crippen LogP contribution in [0.15, 0.2) is 24.3 Å². The predicted octanol–water partition coefficient (Wildman–Crippen LogP) is 2.18. The minimum atomic E-state index is -0.474. The normalized spacial score (nSPS) is 11.5. The Hall–Kier alpha value is -1.82. The molecular formula is C11H11NO2. The van der Waals surface area contributed by atoms with Gasteiger partial charge in [0.15, 0.2) is 11.9 Å².